The smallest absolute Gasteiger partial charge is 0.242 e. The van der Waals surface area contributed by atoms with Crippen LogP contribution in [0.4, 0.5) is 0 Å². The maximum absolute atomic E-state index is 12.8. The summed E-state index contributed by atoms with van der Waals surface area (Å²) in [5, 5.41) is 8.95. The Morgan fingerprint density at radius 2 is 2.08 bits per heavy atom. The highest BCUT2D eigenvalue weighted by molar-refractivity contribution is 8.15. The molecule has 0 radical (unpaired) electrons. The lowest BCUT2D eigenvalue weighted by molar-refractivity contribution is -0.126. The molecule has 1 aliphatic heterocycles. The molecule has 1 aliphatic rings. The van der Waals surface area contributed by atoms with Crippen LogP contribution < -0.4 is 0 Å². The highest BCUT2D eigenvalue weighted by Crippen LogP contribution is 2.32. The zero-order valence-corrected chi connectivity index (χ0v) is 15.0. The van der Waals surface area contributed by atoms with E-state index >= 15 is 0 Å². The topological polar surface area (TPSA) is 58.2 Å². The molecule has 1 aromatic heterocycles. The third-order valence-corrected chi connectivity index (χ3v) is 5.13. The van der Waals surface area contributed by atoms with E-state index in [-0.39, 0.29) is 11.2 Å². The number of nitrogens with zero attached hydrogens (tertiary/aromatic N) is 3. The SMILES string of the molecule is CCCCC1S/C(=N\N=C\c2ccco2)N(Cc2ccccc2)C1=O. The van der Waals surface area contributed by atoms with E-state index in [4.69, 9.17) is 4.42 Å². The molecule has 2 heterocycles. The fourth-order valence-electron chi connectivity index (χ4n) is 2.57. The molecule has 0 saturated carbocycles. The molecular formula is C19H21N3O2S. The van der Waals surface area contributed by atoms with E-state index in [2.05, 4.69) is 17.1 Å². The van der Waals surface area contributed by atoms with Crippen LogP contribution in [0.2, 0.25) is 0 Å². The molecule has 0 aliphatic carbocycles. The van der Waals surface area contributed by atoms with Gasteiger partial charge < -0.3 is 4.42 Å². The van der Waals surface area contributed by atoms with Gasteiger partial charge in [-0.2, -0.15) is 5.10 Å². The zero-order chi connectivity index (χ0) is 17.5. The van der Waals surface area contributed by atoms with Crippen molar-refractivity contribution in [3.05, 3.63) is 60.1 Å². The van der Waals surface area contributed by atoms with Gasteiger partial charge in [0.1, 0.15) is 5.76 Å². The van der Waals surface area contributed by atoms with Crippen LogP contribution in [-0.4, -0.2) is 27.4 Å². The summed E-state index contributed by atoms with van der Waals surface area (Å²) in [4.78, 5) is 14.5. The summed E-state index contributed by atoms with van der Waals surface area (Å²) < 4.78 is 5.21. The fourth-order valence-corrected chi connectivity index (χ4v) is 3.71. The van der Waals surface area contributed by atoms with Crippen LogP contribution in [0.5, 0.6) is 0 Å². The Kier molecular flexibility index (Phi) is 6.06. The summed E-state index contributed by atoms with van der Waals surface area (Å²) in [6, 6.07) is 13.6. The van der Waals surface area contributed by atoms with Gasteiger partial charge >= 0.3 is 0 Å². The second kappa shape index (κ2) is 8.67. The van der Waals surface area contributed by atoms with E-state index in [0.29, 0.717) is 17.5 Å². The summed E-state index contributed by atoms with van der Waals surface area (Å²) in [6.45, 7) is 2.65. The minimum atomic E-state index is -0.0683. The van der Waals surface area contributed by atoms with Crippen molar-refractivity contribution in [2.75, 3.05) is 0 Å². The molecule has 1 unspecified atom stereocenters. The van der Waals surface area contributed by atoms with Crippen LogP contribution in [0.1, 0.15) is 37.5 Å². The molecular weight excluding hydrogens is 334 g/mol. The molecule has 6 heteroatoms. The minimum Gasteiger partial charge on any atom is -0.463 e. The second-order valence-corrected chi connectivity index (χ2v) is 6.97. The zero-order valence-electron chi connectivity index (χ0n) is 14.2. The normalized spacial score (nSPS) is 19.4. The lowest BCUT2D eigenvalue weighted by atomic mass is 10.1. The Morgan fingerprint density at radius 1 is 1.24 bits per heavy atom. The van der Waals surface area contributed by atoms with Crippen molar-refractivity contribution in [1.29, 1.82) is 0 Å². The average Bonchev–Trinajstić information content (AvgIpc) is 3.25. The molecule has 0 N–H and O–H groups in total. The highest BCUT2D eigenvalue weighted by Gasteiger charge is 2.37. The predicted octanol–water partition coefficient (Wildman–Crippen LogP) is 4.30. The lowest BCUT2D eigenvalue weighted by Crippen LogP contribution is -2.31. The molecule has 130 valence electrons. The van der Waals surface area contributed by atoms with Gasteiger partial charge in [0.15, 0.2) is 5.17 Å². The molecule has 5 nitrogen and oxygen atoms in total. The standard InChI is InChI=1S/C19H21N3O2S/c1-2-3-11-17-18(23)22(14-15-8-5-4-6-9-15)19(25-17)21-20-13-16-10-7-12-24-16/h4-10,12-13,17H,2-3,11,14H2,1H3/b20-13+,21-19-. The molecule has 25 heavy (non-hydrogen) atoms. The predicted molar refractivity (Wildman–Crippen MR) is 102 cm³/mol. The summed E-state index contributed by atoms with van der Waals surface area (Å²) >= 11 is 1.51. The third kappa shape index (κ3) is 4.60. The number of rotatable bonds is 7. The van der Waals surface area contributed by atoms with Crippen molar-refractivity contribution in [2.45, 2.75) is 38.0 Å². The first kappa shape index (κ1) is 17.5. The Balaban J connectivity index is 1.77. The van der Waals surface area contributed by atoms with Crippen LogP contribution in [0.3, 0.4) is 0 Å². The first-order chi connectivity index (χ1) is 12.3. The number of hydrogen-bond donors (Lipinski definition) is 0. The molecule has 3 rings (SSSR count). The number of amidine groups is 1. The molecule has 1 amide bonds. The molecule has 2 aromatic rings. The van der Waals surface area contributed by atoms with Gasteiger partial charge in [-0.05, 0) is 24.1 Å². The van der Waals surface area contributed by atoms with E-state index in [1.165, 1.54) is 11.8 Å². The molecule has 1 fully saturated rings. The van der Waals surface area contributed by atoms with Crippen LogP contribution in [0, 0.1) is 0 Å². The van der Waals surface area contributed by atoms with Crippen molar-refractivity contribution in [3.63, 3.8) is 0 Å². The molecule has 0 bridgehead atoms. The first-order valence-corrected chi connectivity index (χ1v) is 9.32. The van der Waals surface area contributed by atoms with Gasteiger partial charge in [0, 0.05) is 0 Å². The van der Waals surface area contributed by atoms with Crippen LogP contribution in [0.25, 0.3) is 0 Å². The van der Waals surface area contributed by atoms with Gasteiger partial charge in [-0.3, -0.25) is 9.69 Å². The number of unbranched alkanes of at least 4 members (excludes halogenated alkanes) is 1. The van der Waals surface area contributed by atoms with Gasteiger partial charge in [0.05, 0.1) is 24.3 Å². The summed E-state index contributed by atoms with van der Waals surface area (Å²) in [6.07, 6.45) is 6.12. The Hall–Kier alpha value is -2.34. The van der Waals surface area contributed by atoms with E-state index in [1.54, 1.807) is 23.4 Å². The van der Waals surface area contributed by atoms with E-state index < -0.39 is 0 Å². The van der Waals surface area contributed by atoms with Crippen LogP contribution >= 0.6 is 11.8 Å². The van der Waals surface area contributed by atoms with Crippen LogP contribution in [0.15, 0.2) is 63.3 Å². The van der Waals surface area contributed by atoms with E-state index in [1.807, 2.05) is 36.4 Å². The number of thioether (sulfide) groups is 1. The van der Waals surface area contributed by atoms with Crippen molar-refractivity contribution in [2.24, 2.45) is 10.2 Å². The van der Waals surface area contributed by atoms with Gasteiger partial charge in [0.2, 0.25) is 5.91 Å². The van der Waals surface area contributed by atoms with Gasteiger partial charge in [-0.15, -0.1) is 5.10 Å². The number of amides is 1. The maximum Gasteiger partial charge on any atom is 0.242 e. The molecule has 0 spiro atoms. The monoisotopic (exact) mass is 355 g/mol. The van der Waals surface area contributed by atoms with E-state index in [9.17, 15) is 4.79 Å². The lowest BCUT2D eigenvalue weighted by Gasteiger charge is -2.15. The number of carbonyl (C=O) groups excluding carboxylic acids is 1. The Bertz CT molecular complexity index is 741. The van der Waals surface area contributed by atoms with Gasteiger partial charge in [-0.1, -0.05) is 61.9 Å². The molecule has 1 aromatic carbocycles. The average molecular weight is 355 g/mol. The third-order valence-electron chi connectivity index (χ3n) is 3.89. The van der Waals surface area contributed by atoms with Crippen LogP contribution in [-0.2, 0) is 11.3 Å². The second-order valence-electron chi connectivity index (χ2n) is 5.80. The van der Waals surface area contributed by atoms with Crippen molar-refractivity contribution in [3.8, 4) is 0 Å². The molecule has 1 atom stereocenters. The van der Waals surface area contributed by atoms with Gasteiger partial charge in [-0.25, -0.2) is 0 Å². The van der Waals surface area contributed by atoms with Crippen molar-refractivity contribution in [1.82, 2.24) is 4.90 Å². The minimum absolute atomic E-state index is 0.0683. The van der Waals surface area contributed by atoms with Crippen molar-refractivity contribution >= 4 is 29.1 Å². The van der Waals surface area contributed by atoms with Crippen molar-refractivity contribution < 1.29 is 9.21 Å². The number of furan rings is 1. The number of benzene rings is 1. The Labute approximate surface area is 151 Å². The maximum atomic E-state index is 12.8. The fraction of sp³-hybridized carbons (Fsp3) is 0.316. The first-order valence-electron chi connectivity index (χ1n) is 8.44. The summed E-state index contributed by atoms with van der Waals surface area (Å²) in [5.41, 5.74) is 1.08. The Morgan fingerprint density at radius 3 is 2.80 bits per heavy atom. The molecule has 1 saturated heterocycles. The largest absolute Gasteiger partial charge is 0.463 e. The quantitative estimate of drug-likeness (QED) is 0.549. The summed E-state index contributed by atoms with van der Waals surface area (Å²) in [5.74, 6) is 0.755. The van der Waals surface area contributed by atoms with E-state index in [0.717, 1.165) is 24.8 Å². The number of carbonyl (C=O) groups is 1. The summed E-state index contributed by atoms with van der Waals surface area (Å²) in [7, 11) is 0. The van der Waals surface area contributed by atoms with Gasteiger partial charge in [0.25, 0.3) is 0 Å². The highest BCUT2D eigenvalue weighted by atomic mass is 32.2. The number of hydrogen-bond acceptors (Lipinski definition) is 5.